The number of rotatable bonds is 9. The minimum absolute atomic E-state index is 0.0188. The fourth-order valence-corrected chi connectivity index (χ4v) is 7.18. The molecule has 6 rings (SSSR count). The molecule has 0 aromatic heterocycles. The molecule has 4 atom stereocenters. The molecule has 1 heterocycles. The number of likely N-dealkylation sites (tertiary alicyclic amines) is 1. The van der Waals surface area contributed by atoms with Crippen molar-refractivity contribution in [3.05, 3.63) is 137 Å². The predicted octanol–water partition coefficient (Wildman–Crippen LogP) is 7.20. The van der Waals surface area contributed by atoms with Crippen LogP contribution in [0.5, 0.6) is 5.75 Å². The summed E-state index contributed by atoms with van der Waals surface area (Å²) < 4.78 is 19.1. The van der Waals surface area contributed by atoms with Gasteiger partial charge in [-0.15, -0.1) is 0 Å². The summed E-state index contributed by atoms with van der Waals surface area (Å²) in [7, 11) is 1.59. The monoisotopic (exact) mass is 633 g/mol. The summed E-state index contributed by atoms with van der Waals surface area (Å²) in [5.74, 6) is -1.71. The molecule has 2 fully saturated rings. The van der Waals surface area contributed by atoms with Gasteiger partial charge in [0.25, 0.3) is 0 Å². The summed E-state index contributed by atoms with van der Waals surface area (Å²) in [5.41, 5.74) is 2.75. The molecule has 0 spiro atoms. The van der Waals surface area contributed by atoms with Gasteiger partial charge in [0.1, 0.15) is 17.6 Å². The van der Waals surface area contributed by atoms with Crippen LogP contribution >= 0.6 is 0 Å². The van der Waals surface area contributed by atoms with Gasteiger partial charge >= 0.3 is 6.03 Å². The van der Waals surface area contributed by atoms with Crippen LogP contribution in [0, 0.1) is 11.7 Å². The quantitative estimate of drug-likeness (QED) is 0.191. The average Bonchev–Trinajstić information content (AvgIpc) is 3.48. The molecule has 0 bridgehead atoms. The highest BCUT2D eigenvalue weighted by Gasteiger charge is 2.57. The second-order valence-electron chi connectivity index (χ2n) is 12.4. The number of ether oxygens (including phenoxy) is 1. The highest BCUT2D eigenvalue weighted by Crippen LogP contribution is 2.51. The number of carbonyl (C=O) groups excluding carboxylic acids is 3. The van der Waals surface area contributed by atoms with E-state index in [0.717, 1.165) is 48.8 Å². The summed E-state index contributed by atoms with van der Waals surface area (Å²) in [4.78, 5) is 45.4. The second-order valence-corrected chi connectivity index (χ2v) is 12.4. The molecule has 8 heteroatoms. The normalized spacial score (nSPS) is 21.2. The predicted molar refractivity (Wildman–Crippen MR) is 178 cm³/mol. The van der Waals surface area contributed by atoms with Gasteiger partial charge in [-0.3, -0.25) is 9.59 Å². The summed E-state index contributed by atoms with van der Waals surface area (Å²) in [6, 6.07) is 29.7. The van der Waals surface area contributed by atoms with Gasteiger partial charge in [-0.1, -0.05) is 104 Å². The molecule has 7 nitrogen and oxygen atoms in total. The molecule has 3 amide bonds. The van der Waals surface area contributed by atoms with Gasteiger partial charge in [0.05, 0.1) is 19.1 Å². The van der Waals surface area contributed by atoms with E-state index >= 15 is 0 Å². The Balaban J connectivity index is 1.49. The van der Waals surface area contributed by atoms with Crippen molar-refractivity contribution < 1.29 is 23.5 Å². The minimum atomic E-state index is -1.02. The first-order valence-electron chi connectivity index (χ1n) is 16.3. The van der Waals surface area contributed by atoms with E-state index in [4.69, 9.17) is 4.74 Å². The Labute approximate surface area is 275 Å². The lowest BCUT2D eigenvalue weighted by molar-refractivity contribution is -0.125. The molecule has 47 heavy (non-hydrogen) atoms. The van der Waals surface area contributed by atoms with E-state index in [1.807, 2.05) is 72.8 Å². The Morgan fingerprint density at radius 2 is 1.43 bits per heavy atom. The fourth-order valence-electron chi connectivity index (χ4n) is 7.18. The van der Waals surface area contributed by atoms with E-state index in [1.165, 1.54) is 12.1 Å². The molecule has 1 saturated carbocycles. The lowest BCUT2D eigenvalue weighted by Gasteiger charge is -2.34. The minimum Gasteiger partial charge on any atom is -0.497 e. The maximum absolute atomic E-state index is 14.7. The third-order valence-electron chi connectivity index (χ3n) is 9.49. The topological polar surface area (TPSA) is 87.7 Å². The van der Waals surface area contributed by atoms with Crippen molar-refractivity contribution in [2.75, 3.05) is 7.11 Å². The number of ketones is 1. The van der Waals surface area contributed by atoms with Crippen molar-refractivity contribution in [3.63, 3.8) is 0 Å². The molecule has 2 aliphatic rings. The van der Waals surface area contributed by atoms with Crippen LogP contribution in [0.3, 0.4) is 0 Å². The molecule has 4 aromatic rings. The van der Waals surface area contributed by atoms with Gasteiger partial charge in [-0.2, -0.15) is 0 Å². The van der Waals surface area contributed by atoms with Crippen molar-refractivity contribution in [1.29, 1.82) is 0 Å². The third kappa shape index (κ3) is 7.07. The van der Waals surface area contributed by atoms with Crippen LogP contribution in [0.1, 0.15) is 71.1 Å². The number of hydrogen-bond donors (Lipinski definition) is 2. The van der Waals surface area contributed by atoms with Gasteiger partial charge in [-0.25, -0.2) is 9.18 Å². The van der Waals surface area contributed by atoms with Crippen LogP contribution in [-0.2, 0) is 11.3 Å². The molecule has 1 aliphatic heterocycles. The Bertz CT molecular complexity index is 1660. The van der Waals surface area contributed by atoms with E-state index in [1.54, 1.807) is 36.3 Å². The maximum Gasteiger partial charge on any atom is 0.318 e. The number of halogens is 1. The number of carbonyl (C=O) groups is 3. The Morgan fingerprint density at radius 3 is 2.06 bits per heavy atom. The number of hydrogen-bond acceptors (Lipinski definition) is 4. The van der Waals surface area contributed by atoms with Gasteiger partial charge in [0, 0.05) is 24.1 Å². The van der Waals surface area contributed by atoms with Crippen LogP contribution < -0.4 is 15.4 Å². The first kappa shape index (κ1) is 32.0. The molecule has 1 saturated heterocycles. The standard InChI is InChI=1S/C39H40FN3O4/c1-47-32-23-19-28(20-24-32)35-34(37(44)29-13-7-3-8-14-29)33(27-11-5-2-6-12-27)36(38(45)41-25-26-17-21-30(40)22-18-26)43(35)39(46)42-31-15-9-4-10-16-31/h2-3,5-8,11-14,17-24,31,33-36H,4,9-10,15-16,25H2,1H3,(H,41,45)(H,42,46). The SMILES string of the molecule is COc1ccc(C2C(C(=O)c3ccccc3)C(c3ccccc3)C(C(=O)NCc3ccc(F)cc3)N2C(=O)NC2CCCCC2)cc1. The zero-order valence-corrected chi connectivity index (χ0v) is 26.5. The van der Waals surface area contributed by atoms with Crippen LogP contribution in [0.15, 0.2) is 109 Å². The van der Waals surface area contributed by atoms with E-state index in [9.17, 15) is 18.8 Å². The lowest BCUT2D eigenvalue weighted by Crippen LogP contribution is -2.53. The van der Waals surface area contributed by atoms with Crippen LogP contribution in [0.4, 0.5) is 9.18 Å². The van der Waals surface area contributed by atoms with Gasteiger partial charge < -0.3 is 20.3 Å². The number of methoxy groups -OCH3 is 1. The zero-order valence-electron chi connectivity index (χ0n) is 26.5. The van der Waals surface area contributed by atoms with Crippen LogP contribution in [0.25, 0.3) is 0 Å². The van der Waals surface area contributed by atoms with Crippen molar-refractivity contribution in [1.82, 2.24) is 15.5 Å². The Morgan fingerprint density at radius 1 is 0.787 bits per heavy atom. The molecule has 4 unspecified atom stereocenters. The molecule has 0 radical (unpaired) electrons. The summed E-state index contributed by atoms with van der Waals surface area (Å²) >= 11 is 0. The zero-order chi connectivity index (χ0) is 32.8. The second kappa shape index (κ2) is 14.6. The fraction of sp³-hybridized carbons (Fsp3) is 0.308. The molecule has 1 aliphatic carbocycles. The Kier molecular flexibility index (Phi) is 9.95. The smallest absolute Gasteiger partial charge is 0.318 e. The van der Waals surface area contributed by atoms with E-state index < -0.39 is 23.9 Å². The maximum atomic E-state index is 14.7. The molecule has 2 N–H and O–H groups in total. The van der Waals surface area contributed by atoms with Crippen molar-refractivity contribution in [2.45, 2.75) is 62.7 Å². The van der Waals surface area contributed by atoms with Crippen molar-refractivity contribution >= 4 is 17.7 Å². The largest absolute Gasteiger partial charge is 0.497 e. The van der Waals surface area contributed by atoms with Gasteiger partial charge in [0.2, 0.25) is 5.91 Å². The average molecular weight is 634 g/mol. The summed E-state index contributed by atoms with van der Waals surface area (Å²) in [6.07, 6.45) is 4.90. The van der Waals surface area contributed by atoms with Gasteiger partial charge in [0.15, 0.2) is 5.78 Å². The number of urea groups is 1. The van der Waals surface area contributed by atoms with Crippen molar-refractivity contribution in [2.24, 2.45) is 5.92 Å². The summed E-state index contributed by atoms with van der Waals surface area (Å²) in [5, 5.41) is 6.27. The molecular formula is C39H40FN3O4. The van der Waals surface area contributed by atoms with Gasteiger partial charge in [-0.05, 0) is 53.8 Å². The molecule has 242 valence electrons. The highest BCUT2D eigenvalue weighted by atomic mass is 19.1. The van der Waals surface area contributed by atoms with Crippen LogP contribution in [-0.4, -0.2) is 41.8 Å². The van der Waals surface area contributed by atoms with Crippen LogP contribution in [0.2, 0.25) is 0 Å². The van der Waals surface area contributed by atoms with E-state index in [-0.39, 0.29) is 36.1 Å². The summed E-state index contributed by atoms with van der Waals surface area (Å²) in [6.45, 7) is 0.139. The number of nitrogens with one attached hydrogen (secondary N) is 2. The number of nitrogens with zero attached hydrogens (tertiary/aromatic N) is 1. The lowest BCUT2D eigenvalue weighted by atomic mass is 9.76. The highest BCUT2D eigenvalue weighted by molar-refractivity contribution is 6.01. The number of benzene rings is 4. The first-order chi connectivity index (χ1) is 22.9. The van der Waals surface area contributed by atoms with E-state index in [2.05, 4.69) is 10.6 Å². The first-order valence-corrected chi connectivity index (χ1v) is 16.3. The van der Waals surface area contributed by atoms with E-state index in [0.29, 0.717) is 11.3 Å². The number of amides is 3. The third-order valence-corrected chi connectivity index (χ3v) is 9.49. The van der Waals surface area contributed by atoms with Crippen molar-refractivity contribution in [3.8, 4) is 5.75 Å². The molecule has 4 aromatic carbocycles. The molecular weight excluding hydrogens is 593 g/mol. The Hall–Kier alpha value is -4.98. The number of Topliss-reactive ketones (excluding diaryl/α,β-unsaturated/α-hetero) is 1.